The van der Waals surface area contributed by atoms with E-state index in [9.17, 15) is 4.79 Å². The van der Waals surface area contributed by atoms with E-state index < -0.39 is 0 Å². The molecule has 2 rings (SSSR count). The van der Waals surface area contributed by atoms with Gasteiger partial charge in [-0.3, -0.25) is 4.79 Å². The first-order valence-electron chi connectivity index (χ1n) is 5.47. The molecule has 0 fully saturated rings. The number of benzene rings is 1. The number of carbonyl (C=O) groups excluding carboxylic acids is 1. The van der Waals surface area contributed by atoms with Gasteiger partial charge in [0.25, 0.3) is 0 Å². The Balaban J connectivity index is 2.06. The van der Waals surface area contributed by atoms with Crippen LogP contribution in [0.2, 0.25) is 0 Å². The van der Waals surface area contributed by atoms with Gasteiger partial charge in [-0.05, 0) is 13.0 Å². The third kappa shape index (κ3) is 2.09. The Morgan fingerprint density at radius 2 is 2.31 bits per heavy atom. The molecule has 0 aliphatic carbocycles. The molecule has 0 saturated carbocycles. The van der Waals surface area contributed by atoms with Crippen LogP contribution in [0.25, 0.3) is 0 Å². The molecule has 1 aromatic rings. The summed E-state index contributed by atoms with van der Waals surface area (Å²) in [6.07, 6.45) is 1.16. The predicted octanol–water partition coefficient (Wildman–Crippen LogP) is 2.54. The highest BCUT2D eigenvalue weighted by atomic mass is 16.5. The van der Waals surface area contributed by atoms with Crippen molar-refractivity contribution in [2.24, 2.45) is 0 Å². The molecule has 1 heterocycles. The molecule has 1 aliphatic rings. The van der Waals surface area contributed by atoms with Crippen LogP contribution in [0, 0.1) is 11.8 Å². The molecule has 2 nitrogen and oxygen atoms in total. The summed E-state index contributed by atoms with van der Waals surface area (Å²) in [7, 11) is 0. The molecular formula is C14H14O2. The first-order valence-corrected chi connectivity index (χ1v) is 5.47. The van der Waals surface area contributed by atoms with Crippen LogP contribution in [-0.2, 0) is 4.79 Å². The molecule has 0 bridgehead atoms. The van der Waals surface area contributed by atoms with Gasteiger partial charge >= 0.3 is 0 Å². The minimum Gasteiger partial charge on any atom is -0.492 e. The minimum absolute atomic E-state index is 0.0881. The third-order valence-electron chi connectivity index (χ3n) is 2.76. The highest BCUT2D eigenvalue weighted by Crippen LogP contribution is 2.34. The molecule has 1 unspecified atom stereocenters. The maximum atomic E-state index is 11.9. The summed E-state index contributed by atoms with van der Waals surface area (Å²) < 4.78 is 5.48. The van der Waals surface area contributed by atoms with Gasteiger partial charge in [-0.1, -0.05) is 18.2 Å². The molecule has 0 amide bonds. The SMILES string of the molecule is CC#CCCC(=O)C1COc2ccccc21. The summed E-state index contributed by atoms with van der Waals surface area (Å²) in [6.45, 7) is 2.27. The molecule has 0 radical (unpaired) electrons. The minimum atomic E-state index is -0.0881. The van der Waals surface area contributed by atoms with Crippen molar-refractivity contribution in [3.8, 4) is 17.6 Å². The summed E-state index contributed by atoms with van der Waals surface area (Å²) >= 11 is 0. The second-order valence-electron chi connectivity index (χ2n) is 3.79. The van der Waals surface area contributed by atoms with Gasteiger partial charge in [0.2, 0.25) is 0 Å². The van der Waals surface area contributed by atoms with E-state index in [1.807, 2.05) is 24.3 Å². The Bertz CT molecular complexity index is 451. The van der Waals surface area contributed by atoms with Crippen molar-refractivity contribution >= 4 is 5.78 Å². The van der Waals surface area contributed by atoms with Crippen molar-refractivity contribution in [3.05, 3.63) is 29.8 Å². The zero-order valence-corrected chi connectivity index (χ0v) is 9.32. The molecule has 0 N–H and O–H groups in total. The van der Waals surface area contributed by atoms with E-state index in [0.717, 1.165) is 11.3 Å². The number of hydrogen-bond acceptors (Lipinski definition) is 2. The van der Waals surface area contributed by atoms with Crippen molar-refractivity contribution in [1.82, 2.24) is 0 Å². The number of fused-ring (bicyclic) bond motifs is 1. The van der Waals surface area contributed by atoms with E-state index in [4.69, 9.17) is 4.74 Å². The van der Waals surface area contributed by atoms with Gasteiger partial charge in [0.05, 0.1) is 5.92 Å². The maximum absolute atomic E-state index is 11.9. The Hall–Kier alpha value is -1.75. The van der Waals surface area contributed by atoms with Crippen molar-refractivity contribution < 1.29 is 9.53 Å². The first kappa shape index (κ1) is 10.8. The van der Waals surface area contributed by atoms with Crippen LogP contribution in [-0.4, -0.2) is 12.4 Å². The third-order valence-corrected chi connectivity index (χ3v) is 2.76. The van der Waals surface area contributed by atoms with Gasteiger partial charge < -0.3 is 4.74 Å². The lowest BCUT2D eigenvalue weighted by Gasteiger charge is -2.05. The van der Waals surface area contributed by atoms with Gasteiger partial charge in [0, 0.05) is 18.4 Å². The monoisotopic (exact) mass is 214 g/mol. The lowest BCUT2D eigenvalue weighted by Crippen LogP contribution is -2.13. The molecule has 16 heavy (non-hydrogen) atoms. The lowest BCUT2D eigenvalue weighted by atomic mass is 9.94. The Morgan fingerprint density at radius 1 is 1.50 bits per heavy atom. The van der Waals surface area contributed by atoms with Crippen LogP contribution < -0.4 is 4.74 Å². The van der Waals surface area contributed by atoms with Crippen LogP contribution >= 0.6 is 0 Å². The molecule has 1 atom stereocenters. The summed E-state index contributed by atoms with van der Waals surface area (Å²) in [5, 5.41) is 0. The van der Waals surface area contributed by atoms with Crippen molar-refractivity contribution in [2.45, 2.75) is 25.7 Å². The second kappa shape index (κ2) is 4.85. The number of para-hydroxylation sites is 1. The van der Waals surface area contributed by atoms with Gasteiger partial charge in [0.15, 0.2) is 0 Å². The number of Topliss-reactive ketones (excluding diaryl/α,β-unsaturated/α-hetero) is 1. The Labute approximate surface area is 95.6 Å². The van der Waals surface area contributed by atoms with Gasteiger partial charge in [-0.2, -0.15) is 0 Å². The summed E-state index contributed by atoms with van der Waals surface area (Å²) in [5.74, 6) is 6.70. The van der Waals surface area contributed by atoms with E-state index in [2.05, 4.69) is 11.8 Å². The van der Waals surface area contributed by atoms with Crippen LogP contribution in [0.15, 0.2) is 24.3 Å². The van der Waals surface area contributed by atoms with Crippen molar-refractivity contribution in [1.29, 1.82) is 0 Å². The first-order chi connectivity index (χ1) is 7.83. The van der Waals surface area contributed by atoms with Gasteiger partial charge in [-0.25, -0.2) is 0 Å². The Morgan fingerprint density at radius 3 is 3.12 bits per heavy atom. The largest absolute Gasteiger partial charge is 0.492 e. The fourth-order valence-corrected chi connectivity index (χ4v) is 1.91. The average molecular weight is 214 g/mol. The maximum Gasteiger partial charge on any atom is 0.144 e. The molecular weight excluding hydrogens is 200 g/mol. The van der Waals surface area contributed by atoms with Crippen LogP contribution in [0.4, 0.5) is 0 Å². The molecule has 82 valence electrons. The topological polar surface area (TPSA) is 26.3 Å². The summed E-state index contributed by atoms with van der Waals surface area (Å²) in [5.41, 5.74) is 1.02. The van der Waals surface area contributed by atoms with Gasteiger partial charge in [-0.15, -0.1) is 11.8 Å². The summed E-state index contributed by atoms with van der Waals surface area (Å²) in [4.78, 5) is 11.9. The number of hydrogen-bond donors (Lipinski definition) is 0. The van der Waals surface area contributed by atoms with E-state index in [-0.39, 0.29) is 11.7 Å². The molecule has 1 aliphatic heterocycles. The van der Waals surface area contributed by atoms with E-state index in [1.54, 1.807) is 6.92 Å². The molecule has 2 heteroatoms. The van der Waals surface area contributed by atoms with Crippen LogP contribution in [0.1, 0.15) is 31.2 Å². The van der Waals surface area contributed by atoms with E-state index in [0.29, 0.717) is 19.4 Å². The summed E-state index contributed by atoms with van der Waals surface area (Å²) in [6, 6.07) is 7.75. The molecule has 1 aromatic carbocycles. The smallest absolute Gasteiger partial charge is 0.144 e. The zero-order chi connectivity index (χ0) is 11.4. The Kier molecular flexibility index (Phi) is 3.26. The fourth-order valence-electron chi connectivity index (χ4n) is 1.91. The average Bonchev–Trinajstić information content (AvgIpc) is 2.73. The fraction of sp³-hybridized carbons (Fsp3) is 0.357. The lowest BCUT2D eigenvalue weighted by molar-refractivity contribution is -0.120. The highest BCUT2D eigenvalue weighted by Gasteiger charge is 2.28. The zero-order valence-electron chi connectivity index (χ0n) is 9.32. The van der Waals surface area contributed by atoms with Crippen molar-refractivity contribution in [2.75, 3.05) is 6.61 Å². The number of ether oxygens (including phenoxy) is 1. The number of ketones is 1. The standard InChI is InChI=1S/C14H14O2/c1-2-3-4-8-13(15)12-10-16-14-9-6-5-7-11(12)14/h5-7,9,12H,4,8,10H2,1H3. The normalized spacial score (nSPS) is 16.9. The molecule has 0 spiro atoms. The highest BCUT2D eigenvalue weighted by molar-refractivity contribution is 5.87. The van der Waals surface area contributed by atoms with Crippen LogP contribution in [0.3, 0.4) is 0 Å². The molecule has 0 saturated heterocycles. The van der Waals surface area contributed by atoms with Gasteiger partial charge in [0.1, 0.15) is 18.1 Å². The second-order valence-corrected chi connectivity index (χ2v) is 3.79. The number of rotatable bonds is 3. The number of carbonyl (C=O) groups is 1. The van der Waals surface area contributed by atoms with Crippen molar-refractivity contribution in [3.63, 3.8) is 0 Å². The van der Waals surface area contributed by atoms with E-state index >= 15 is 0 Å². The van der Waals surface area contributed by atoms with Crippen LogP contribution in [0.5, 0.6) is 5.75 Å². The predicted molar refractivity (Wildman–Crippen MR) is 62.4 cm³/mol. The quantitative estimate of drug-likeness (QED) is 0.723. The van der Waals surface area contributed by atoms with E-state index in [1.165, 1.54) is 0 Å². The molecule has 0 aromatic heterocycles.